The molecule has 0 aliphatic heterocycles. The molecule has 0 heterocycles. The van der Waals surface area contributed by atoms with Crippen LogP contribution in [0.3, 0.4) is 0 Å². The van der Waals surface area contributed by atoms with Crippen LogP contribution in [0, 0.1) is 0 Å². The summed E-state index contributed by atoms with van der Waals surface area (Å²) in [6.45, 7) is 7.08. The summed E-state index contributed by atoms with van der Waals surface area (Å²) < 4.78 is 10.5. The fourth-order valence-corrected chi connectivity index (χ4v) is 1.27. The highest BCUT2D eigenvalue weighted by molar-refractivity contribution is 6.21. The maximum absolute atomic E-state index is 5.90. The minimum Gasteiger partial charge on any atom is -0.338 e. The van der Waals surface area contributed by atoms with Gasteiger partial charge in [0.1, 0.15) is 0 Å². The molecule has 0 radical (unpaired) electrons. The minimum absolute atomic E-state index is 0.578. The summed E-state index contributed by atoms with van der Waals surface area (Å²) in [5.41, 5.74) is 0. The molecule has 80 valence electrons. The summed E-state index contributed by atoms with van der Waals surface area (Å²) in [6, 6.07) is 0. The first-order valence-electron chi connectivity index (χ1n) is 5.09. The zero-order valence-corrected chi connectivity index (χ0v) is 9.69. The molecule has 13 heavy (non-hydrogen) atoms. The zero-order valence-electron chi connectivity index (χ0n) is 8.94. The molecule has 0 rings (SSSR count). The van der Waals surface area contributed by atoms with Gasteiger partial charge < -0.3 is 9.47 Å². The van der Waals surface area contributed by atoms with Gasteiger partial charge in [-0.1, -0.05) is 37.8 Å². The van der Waals surface area contributed by atoms with Crippen LogP contribution < -0.4 is 0 Å². The van der Waals surface area contributed by atoms with Crippen LogP contribution in [0.1, 0.15) is 46.5 Å². The summed E-state index contributed by atoms with van der Waals surface area (Å²) in [5.74, 6) is 0. The molecule has 0 saturated heterocycles. The minimum atomic E-state index is -0.930. The molecule has 0 saturated carbocycles. The Morgan fingerprint density at radius 1 is 1.08 bits per heavy atom. The normalized spacial score (nSPS) is 15.7. The molecule has 1 unspecified atom stereocenters. The van der Waals surface area contributed by atoms with E-state index < -0.39 is 5.25 Å². The lowest BCUT2D eigenvalue weighted by Gasteiger charge is -2.22. The van der Waals surface area contributed by atoms with E-state index in [1.165, 1.54) is 19.3 Å². The quantitative estimate of drug-likeness (QED) is 0.345. The Balaban J connectivity index is 3.29. The molecule has 2 nitrogen and oxygen atoms in total. The van der Waals surface area contributed by atoms with E-state index in [-0.39, 0.29) is 0 Å². The Morgan fingerprint density at radius 2 is 1.77 bits per heavy atom. The van der Waals surface area contributed by atoms with Crippen molar-refractivity contribution in [3.8, 4) is 0 Å². The van der Waals surface area contributed by atoms with Crippen molar-refractivity contribution in [2.75, 3.05) is 13.2 Å². The van der Waals surface area contributed by atoms with Gasteiger partial charge in [0, 0.05) is 13.5 Å². The first kappa shape index (κ1) is 13.2. The van der Waals surface area contributed by atoms with Crippen LogP contribution in [0.5, 0.6) is 0 Å². The largest absolute Gasteiger partial charge is 0.338 e. The van der Waals surface area contributed by atoms with Crippen molar-refractivity contribution in [1.29, 1.82) is 0 Å². The fraction of sp³-hybridized carbons (Fsp3) is 1.00. The highest BCUT2D eigenvalue weighted by atomic mass is 35.5. The third-order valence-corrected chi connectivity index (χ3v) is 1.98. The Kier molecular flexibility index (Phi) is 7.72. The number of halogens is 1. The molecule has 0 aromatic carbocycles. The van der Waals surface area contributed by atoms with Crippen LogP contribution in [0.4, 0.5) is 0 Å². The number of alkyl halides is 1. The number of rotatable bonds is 8. The zero-order chi connectivity index (χ0) is 10.2. The standard InChI is InChI=1S/C10H21ClO2/c1-4-6-7-8-9-13-10(3,11)12-5-2/h4-9H2,1-3H3. The highest BCUT2D eigenvalue weighted by Gasteiger charge is 2.20. The molecule has 0 aromatic rings. The van der Waals surface area contributed by atoms with Gasteiger partial charge in [-0.3, -0.25) is 0 Å². The predicted octanol–water partition coefficient (Wildman–Crippen LogP) is 3.53. The van der Waals surface area contributed by atoms with E-state index >= 15 is 0 Å². The number of unbranched alkanes of at least 4 members (excludes halogenated alkanes) is 3. The average Bonchev–Trinajstić information content (AvgIpc) is 2.04. The lowest BCUT2D eigenvalue weighted by atomic mass is 10.2. The third kappa shape index (κ3) is 8.54. The van der Waals surface area contributed by atoms with Gasteiger partial charge in [0.05, 0.1) is 6.61 Å². The molecule has 0 N–H and O–H groups in total. The molecule has 0 bridgehead atoms. The van der Waals surface area contributed by atoms with E-state index in [1.807, 2.05) is 6.92 Å². The second-order valence-corrected chi connectivity index (χ2v) is 3.86. The molecule has 1 atom stereocenters. The summed E-state index contributed by atoms with van der Waals surface area (Å²) in [5, 5.41) is -0.930. The fourth-order valence-electron chi connectivity index (χ4n) is 1.08. The summed E-state index contributed by atoms with van der Waals surface area (Å²) in [7, 11) is 0. The van der Waals surface area contributed by atoms with Crippen LogP contribution in [0.2, 0.25) is 0 Å². The molecule has 0 aliphatic rings. The first-order chi connectivity index (χ1) is 6.12. The van der Waals surface area contributed by atoms with Gasteiger partial charge in [-0.15, -0.1) is 0 Å². The second-order valence-electron chi connectivity index (χ2n) is 3.18. The van der Waals surface area contributed by atoms with Crippen LogP contribution in [-0.4, -0.2) is 18.5 Å². The van der Waals surface area contributed by atoms with E-state index in [0.717, 1.165) is 6.42 Å². The Bertz CT molecular complexity index is 115. The van der Waals surface area contributed by atoms with E-state index in [0.29, 0.717) is 13.2 Å². The Labute approximate surface area is 86.6 Å². The topological polar surface area (TPSA) is 18.5 Å². The van der Waals surface area contributed by atoms with Crippen LogP contribution in [-0.2, 0) is 9.47 Å². The SMILES string of the molecule is CCCCCCOC(C)(Cl)OCC. The van der Waals surface area contributed by atoms with Crippen molar-refractivity contribution in [3.05, 3.63) is 0 Å². The van der Waals surface area contributed by atoms with Crippen LogP contribution in [0.25, 0.3) is 0 Å². The molecule has 0 aromatic heterocycles. The smallest absolute Gasteiger partial charge is 0.245 e. The van der Waals surface area contributed by atoms with Crippen molar-refractivity contribution in [2.24, 2.45) is 0 Å². The van der Waals surface area contributed by atoms with Crippen molar-refractivity contribution in [1.82, 2.24) is 0 Å². The van der Waals surface area contributed by atoms with Crippen LogP contribution >= 0.6 is 11.6 Å². The van der Waals surface area contributed by atoms with Crippen molar-refractivity contribution in [3.63, 3.8) is 0 Å². The molecule has 0 spiro atoms. The average molecular weight is 209 g/mol. The number of ether oxygens (including phenoxy) is 2. The van der Waals surface area contributed by atoms with Crippen molar-refractivity contribution >= 4 is 11.6 Å². The molecule has 0 fully saturated rings. The van der Waals surface area contributed by atoms with E-state index in [4.69, 9.17) is 21.1 Å². The lowest BCUT2D eigenvalue weighted by molar-refractivity contribution is -0.163. The summed E-state index contributed by atoms with van der Waals surface area (Å²) >= 11 is 5.90. The van der Waals surface area contributed by atoms with Gasteiger partial charge in [-0.05, 0) is 13.3 Å². The molecular weight excluding hydrogens is 188 g/mol. The molecule has 0 aliphatic carbocycles. The highest BCUT2D eigenvalue weighted by Crippen LogP contribution is 2.18. The summed E-state index contributed by atoms with van der Waals surface area (Å²) in [4.78, 5) is 0. The summed E-state index contributed by atoms with van der Waals surface area (Å²) in [6.07, 6.45) is 4.76. The van der Waals surface area contributed by atoms with Gasteiger partial charge >= 0.3 is 0 Å². The molecular formula is C10H21ClO2. The van der Waals surface area contributed by atoms with Gasteiger partial charge in [-0.25, -0.2) is 0 Å². The first-order valence-corrected chi connectivity index (χ1v) is 5.47. The van der Waals surface area contributed by atoms with Gasteiger partial charge in [0.25, 0.3) is 0 Å². The Morgan fingerprint density at radius 3 is 2.31 bits per heavy atom. The third-order valence-electron chi connectivity index (χ3n) is 1.76. The number of hydrogen-bond donors (Lipinski definition) is 0. The maximum Gasteiger partial charge on any atom is 0.245 e. The van der Waals surface area contributed by atoms with Gasteiger partial charge in [0.15, 0.2) is 0 Å². The second kappa shape index (κ2) is 7.60. The predicted molar refractivity (Wildman–Crippen MR) is 56.0 cm³/mol. The van der Waals surface area contributed by atoms with Gasteiger partial charge in [0.2, 0.25) is 5.25 Å². The molecule has 0 amide bonds. The van der Waals surface area contributed by atoms with E-state index in [1.54, 1.807) is 6.92 Å². The van der Waals surface area contributed by atoms with E-state index in [9.17, 15) is 0 Å². The van der Waals surface area contributed by atoms with E-state index in [2.05, 4.69) is 6.92 Å². The van der Waals surface area contributed by atoms with Crippen LogP contribution in [0.15, 0.2) is 0 Å². The Hall–Kier alpha value is 0.210. The molecule has 3 heteroatoms. The van der Waals surface area contributed by atoms with Crippen molar-refractivity contribution < 1.29 is 9.47 Å². The lowest BCUT2D eigenvalue weighted by Crippen LogP contribution is -2.25. The number of hydrogen-bond acceptors (Lipinski definition) is 2. The monoisotopic (exact) mass is 208 g/mol. The van der Waals surface area contributed by atoms with Gasteiger partial charge in [-0.2, -0.15) is 0 Å². The maximum atomic E-state index is 5.90. The van der Waals surface area contributed by atoms with Crippen molar-refractivity contribution in [2.45, 2.75) is 51.7 Å².